The van der Waals surface area contributed by atoms with Crippen LogP contribution in [-0.2, 0) is 0 Å². The van der Waals surface area contributed by atoms with Crippen molar-refractivity contribution in [2.45, 2.75) is 51.5 Å². The Bertz CT molecular complexity index is 179. The first-order valence-corrected chi connectivity index (χ1v) is 6.85. The van der Waals surface area contributed by atoms with E-state index in [1.165, 1.54) is 64.7 Å². The molecule has 0 radical (unpaired) electrons. The van der Waals surface area contributed by atoms with Gasteiger partial charge in [-0.3, -0.25) is 0 Å². The van der Waals surface area contributed by atoms with E-state index < -0.39 is 0 Å². The van der Waals surface area contributed by atoms with Gasteiger partial charge < -0.3 is 10.2 Å². The fourth-order valence-electron chi connectivity index (χ4n) is 3.24. The van der Waals surface area contributed by atoms with E-state index in [1.54, 1.807) is 0 Å². The highest BCUT2D eigenvalue weighted by atomic mass is 35.5. The maximum Gasteiger partial charge on any atom is 0.0119 e. The number of piperidine rings is 2. The highest BCUT2D eigenvalue weighted by Gasteiger charge is 2.26. The molecular weight excluding hydrogens is 220 g/mol. The van der Waals surface area contributed by atoms with Crippen molar-refractivity contribution >= 4 is 12.4 Å². The largest absolute Gasteiger partial charge is 0.317 e. The van der Waals surface area contributed by atoms with E-state index in [-0.39, 0.29) is 12.4 Å². The lowest BCUT2D eigenvalue weighted by Crippen LogP contribution is -2.47. The van der Waals surface area contributed by atoms with Gasteiger partial charge in [0.05, 0.1) is 0 Å². The zero-order valence-electron chi connectivity index (χ0n) is 10.6. The van der Waals surface area contributed by atoms with Crippen LogP contribution in [0, 0.1) is 5.92 Å². The van der Waals surface area contributed by atoms with Crippen molar-refractivity contribution in [1.29, 1.82) is 0 Å². The van der Waals surface area contributed by atoms with Gasteiger partial charge in [-0.25, -0.2) is 0 Å². The summed E-state index contributed by atoms with van der Waals surface area (Å²) in [6.45, 7) is 7.55. The average molecular weight is 247 g/mol. The molecule has 2 saturated heterocycles. The first kappa shape index (κ1) is 14.3. The van der Waals surface area contributed by atoms with Gasteiger partial charge in [0.15, 0.2) is 0 Å². The van der Waals surface area contributed by atoms with Crippen LogP contribution in [0.5, 0.6) is 0 Å². The second-order valence-electron chi connectivity index (χ2n) is 5.27. The van der Waals surface area contributed by atoms with Crippen LogP contribution in [0.3, 0.4) is 0 Å². The van der Waals surface area contributed by atoms with Crippen molar-refractivity contribution < 1.29 is 0 Å². The third kappa shape index (κ3) is 3.90. The molecular formula is C13H27ClN2. The number of rotatable bonds is 3. The smallest absolute Gasteiger partial charge is 0.0119 e. The van der Waals surface area contributed by atoms with Gasteiger partial charge in [0.25, 0.3) is 0 Å². The highest BCUT2D eigenvalue weighted by Crippen LogP contribution is 2.24. The minimum atomic E-state index is 0. The molecule has 0 aromatic carbocycles. The second kappa shape index (κ2) is 7.52. The predicted octanol–water partition coefficient (Wildman–Crippen LogP) is 2.67. The Kier molecular flexibility index (Phi) is 6.71. The molecule has 0 saturated carbocycles. The average Bonchev–Trinajstić information content (AvgIpc) is 2.31. The lowest BCUT2D eigenvalue weighted by Gasteiger charge is -2.40. The summed E-state index contributed by atoms with van der Waals surface area (Å²) in [6, 6.07) is 0.894. The molecule has 2 aliphatic rings. The van der Waals surface area contributed by atoms with Crippen LogP contribution in [0.4, 0.5) is 0 Å². The SMILES string of the molecule is CCCC1CCCN(C2CCNCC2)C1.Cl. The van der Waals surface area contributed by atoms with Crippen molar-refractivity contribution in [3.63, 3.8) is 0 Å². The lowest BCUT2D eigenvalue weighted by atomic mass is 9.91. The molecule has 1 unspecified atom stereocenters. The zero-order chi connectivity index (χ0) is 10.5. The van der Waals surface area contributed by atoms with E-state index in [0.29, 0.717) is 0 Å². The molecule has 2 rings (SSSR count). The summed E-state index contributed by atoms with van der Waals surface area (Å²) in [5.74, 6) is 0.999. The number of nitrogens with one attached hydrogen (secondary N) is 1. The molecule has 0 aromatic rings. The molecule has 2 nitrogen and oxygen atoms in total. The van der Waals surface area contributed by atoms with Gasteiger partial charge in [0.2, 0.25) is 0 Å². The van der Waals surface area contributed by atoms with E-state index in [4.69, 9.17) is 0 Å². The lowest BCUT2D eigenvalue weighted by molar-refractivity contribution is 0.0991. The molecule has 2 aliphatic heterocycles. The predicted molar refractivity (Wildman–Crippen MR) is 72.3 cm³/mol. The fourth-order valence-corrected chi connectivity index (χ4v) is 3.24. The molecule has 0 aliphatic carbocycles. The summed E-state index contributed by atoms with van der Waals surface area (Å²) in [6.07, 6.45) is 8.48. The molecule has 3 heteroatoms. The molecule has 2 fully saturated rings. The van der Waals surface area contributed by atoms with Crippen LogP contribution < -0.4 is 5.32 Å². The molecule has 96 valence electrons. The number of likely N-dealkylation sites (tertiary alicyclic amines) is 1. The maximum absolute atomic E-state index is 3.46. The fraction of sp³-hybridized carbons (Fsp3) is 1.00. The monoisotopic (exact) mass is 246 g/mol. The number of nitrogens with zero attached hydrogens (tertiary/aromatic N) is 1. The van der Waals surface area contributed by atoms with E-state index in [9.17, 15) is 0 Å². The van der Waals surface area contributed by atoms with Crippen molar-refractivity contribution in [2.75, 3.05) is 26.2 Å². The Morgan fingerprint density at radius 3 is 2.62 bits per heavy atom. The topological polar surface area (TPSA) is 15.3 Å². The van der Waals surface area contributed by atoms with Gasteiger partial charge in [-0.1, -0.05) is 13.3 Å². The van der Waals surface area contributed by atoms with Gasteiger partial charge in [-0.15, -0.1) is 12.4 Å². The molecule has 1 atom stereocenters. The number of hydrogen-bond donors (Lipinski definition) is 1. The highest BCUT2D eigenvalue weighted by molar-refractivity contribution is 5.85. The normalized spacial score (nSPS) is 28.7. The van der Waals surface area contributed by atoms with Crippen molar-refractivity contribution in [3.05, 3.63) is 0 Å². The van der Waals surface area contributed by atoms with Crippen molar-refractivity contribution in [1.82, 2.24) is 10.2 Å². The van der Waals surface area contributed by atoms with Gasteiger partial charge in [-0.05, 0) is 57.7 Å². The van der Waals surface area contributed by atoms with Gasteiger partial charge in [-0.2, -0.15) is 0 Å². The third-order valence-electron chi connectivity index (χ3n) is 4.07. The van der Waals surface area contributed by atoms with Crippen LogP contribution in [0.25, 0.3) is 0 Å². The standard InChI is InChI=1S/C13H26N2.ClH/c1-2-4-12-5-3-10-15(11-12)13-6-8-14-9-7-13;/h12-14H,2-11H2,1H3;1H. The van der Waals surface area contributed by atoms with Crippen molar-refractivity contribution in [3.8, 4) is 0 Å². The minimum Gasteiger partial charge on any atom is -0.317 e. The zero-order valence-corrected chi connectivity index (χ0v) is 11.4. The quantitative estimate of drug-likeness (QED) is 0.824. The van der Waals surface area contributed by atoms with Crippen LogP contribution in [0.15, 0.2) is 0 Å². The van der Waals surface area contributed by atoms with Crippen LogP contribution >= 0.6 is 12.4 Å². The molecule has 0 bridgehead atoms. The Hall–Kier alpha value is 0.210. The molecule has 2 heterocycles. The van der Waals surface area contributed by atoms with Crippen LogP contribution in [0.1, 0.15) is 45.4 Å². The third-order valence-corrected chi connectivity index (χ3v) is 4.07. The second-order valence-corrected chi connectivity index (χ2v) is 5.27. The molecule has 16 heavy (non-hydrogen) atoms. The summed E-state index contributed by atoms with van der Waals surface area (Å²) >= 11 is 0. The van der Waals surface area contributed by atoms with Crippen LogP contribution in [0.2, 0.25) is 0 Å². The Morgan fingerprint density at radius 1 is 1.19 bits per heavy atom. The Morgan fingerprint density at radius 2 is 1.94 bits per heavy atom. The van der Waals surface area contributed by atoms with E-state index >= 15 is 0 Å². The summed E-state index contributed by atoms with van der Waals surface area (Å²) in [5, 5.41) is 3.46. The van der Waals surface area contributed by atoms with Gasteiger partial charge in [0, 0.05) is 12.6 Å². The van der Waals surface area contributed by atoms with E-state index in [1.807, 2.05) is 0 Å². The minimum absolute atomic E-state index is 0. The summed E-state index contributed by atoms with van der Waals surface area (Å²) < 4.78 is 0. The van der Waals surface area contributed by atoms with Crippen LogP contribution in [-0.4, -0.2) is 37.1 Å². The van der Waals surface area contributed by atoms with E-state index in [2.05, 4.69) is 17.1 Å². The first-order chi connectivity index (χ1) is 7.40. The Balaban J connectivity index is 0.00000128. The maximum atomic E-state index is 3.46. The molecule has 0 spiro atoms. The number of halogens is 1. The summed E-state index contributed by atoms with van der Waals surface area (Å²) in [7, 11) is 0. The van der Waals surface area contributed by atoms with Crippen molar-refractivity contribution in [2.24, 2.45) is 5.92 Å². The van der Waals surface area contributed by atoms with E-state index in [0.717, 1.165) is 12.0 Å². The summed E-state index contributed by atoms with van der Waals surface area (Å²) in [5.41, 5.74) is 0. The Labute approximate surface area is 107 Å². The summed E-state index contributed by atoms with van der Waals surface area (Å²) in [4.78, 5) is 2.78. The first-order valence-electron chi connectivity index (χ1n) is 6.85. The number of hydrogen-bond acceptors (Lipinski definition) is 2. The molecule has 1 N–H and O–H groups in total. The molecule has 0 amide bonds. The molecule has 0 aromatic heterocycles. The van der Waals surface area contributed by atoms with Gasteiger partial charge in [0.1, 0.15) is 0 Å². The van der Waals surface area contributed by atoms with Gasteiger partial charge >= 0.3 is 0 Å².